The molecule has 0 spiro atoms. The Bertz CT molecular complexity index is 41.8. The van der Waals surface area contributed by atoms with Crippen molar-refractivity contribution in [2.45, 2.75) is 32.5 Å². The van der Waals surface area contributed by atoms with Crippen molar-refractivity contribution in [1.29, 1.82) is 0 Å². The molecule has 1 unspecified atom stereocenters. The van der Waals surface area contributed by atoms with Crippen LogP contribution in [0.25, 0.3) is 0 Å². The van der Waals surface area contributed by atoms with Crippen LogP contribution < -0.4 is 0 Å². The highest BCUT2D eigenvalue weighted by Crippen LogP contribution is 2.13. The lowest BCUT2D eigenvalue weighted by atomic mass is 9.84. The minimum Gasteiger partial charge on any atom is -0.221 e. The second-order valence-corrected chi connectivity index (χ2v) is 2.88. The third kappa shape index (κ3) is 4.57. The molecule has 0 fully saturated rings. The largest absolute Gasteiger partial charge is 0.221 e. The first-order valence-corrected chi connectivity index (χ1v) is 4.46. The van der Waals surface area contributed by atoms with Crippen molar-refractivity contribution in [2.75, 3.05) is 6.26 Å². The Hall–Kier alpha value is 0.415. The van der Waals surface area contributed by atoms with E-state index in [0.29, 0.717) is 0 Å². The first-order chi connectivity index (χ1) is 3.81. The van der Waals surface area contributed by atoms with Gasteiger partial charge in [0, 0.05) is 0 Å². The van der Waals surface area contributed by atoms with E-state index in [1.807, 2.05) is 11.6 Å². The summed E-state index contributed by atoms with van der Waals surface area (Å²) in [4.78, 5) is 0. The van der Waals surface area contributed by atoms with Crippen molar-refractivity contribution in [2.24, 2.45) is 0 Å². The van der Waals surface area contributed by atoms with Gasteiger partial charge in [-0.3, -0.25) is 0 Å². The van der Waals surface area contributed by atoms with Gasteiger partial charge in [0.25, 0.3) is 0 Å². The van der Waals surface area contributed by atoms with Gasteiger partial charge in [-0.25, -0.2) is 11.6 Å². The molecule has 0 bridgehead atoms. The van der Waals surface area contributed by atoms with Crippen LogP contribution in [0.3, 0.4) is 0 Å². The maximum atomic E-state index is 2.30. The summed E-state index contributed by atoms with van der Waals surface area (Å²) >= 11 is 1.82. The smallest absolute Gasteiger partial charge is 0.194 e. The Kier molecular flexibility index (Phi) is 5.84. The SMILES string of the molecule is CCCC(C)[B]SC. The molecule has 0 nitrogen and oxygen atoms in total. The Morgan fingerprint density at radius 1 is 1.62 bits per heavy atom. The topological polar surface area (TPSA) is 0 Å². The molecule has 0 rings (SSSR count). The lowest BCUT2D eigenvalue weighted by Gasteiger charge is -2.03. The fourth-order valence-electron chi connectivity index (χ4n) is 0.756. The minimum absolute atomic E-state index is 0.801. The van der Waals surface area contributed by atoms with E-state index in [-0.39, 0.29) is 0 Å². The zero-order chi connectivity index (χ0) is 6.41. The fourth-order valence-corrected chi connectivity index (χ4v) is 1.36. The molecule has 0 heterocycles. The van der Waals surface area contributed by atoms with Gasteiger partial charge in [0.1, 0.15) is 0 Å². The van der Waals surface area contributed by atoms with Gasteiger partial charge in [0.2, 0.25) is 0 Å². The Balaban J connectivity index is 2.92. The molecule has 47 valence electrons. The molecule has 0 aromatic carbocycles. The van der Waals surface area contributed by atoms with E-state index >= 15 is 0 Å². The van der Waals surface area contributed by atoms with Crippen molar-refractivity contribution in [3.63, 3.8) is 0 Å². The number of hydrogen-bond acceptors (Lipinski definition) is 1. The molecule has 0 aliphatic rings. The second kappa shape index (κ2) is 5.55. The fraction of sp³-hybridized carbons (Fsp3) is 1.00. The lowest BCUT2D eigenvalue weighted by Crippen LogP contribution is -1.92. The van der Waals surface area contributed by atoms with Gasteiger partial charge >= 0.3 is 0 Å². The molecule has 0 saturated carbocycles. The van der Waals surface area contributed by atoms with E-state index in [1.54, 1.807) is 0 Å². The summed E-state index contributed by atoms with van der Waals surface area (Å²) in [6.45, 7) is 6.79. The van der Waals surface area contributed by atoms with Crippen LogP contribution in [0, 0.1) is 0 Å². The zero-order valence-electron chi connectivity index (χ0n) is 5.98. The van der Waals surface area contributed by atoms with Crippen LogP contribution in [0.5, 0.6) is 0 Å². The van der Waals surface area contributed by atoms with Gasteiger partial charge in [-0.05, 0) is 6.26 Å². The monoisotopic (exact) mass is 129 g/mol. The van der Waals surface area contributed by atoms with E-state index < -0.39 is 0 Å². The summed E-state index contributed by atoms with van der Waals surface area (Å²) in [6, 6.07) is 0. The standard InChI is InChI=1S/C6H14BS/c1-4-5-6(2)7-8-3/h6H,4-5H2,1-3H3. The van der Waals surface area contributed by atoms with E-state index in [9.17, 15) is 0 Å². The predicted molar refractivity (Wildman–Crippen MR) is 43.6 cm³/mol. The number of hydrogen-bond donors (Lipinski definition) is 0. The molecule has 1 atom stereocenters. The lowest BCUT2D eigenvalue weighted by molar-refractivity contribution is 0.768. The Labute approximate surface area is 57.6 Å². The van der Waals surface area contributed by atoms with E-state index in [4.69, 9.17) is 0 Å². The molecule has 0 aromatic rings. The molecule has 0 aliphatic carbocycles. The molecule has 0 aliphatic heterocycles. The van der Waals surface area contributed by atoms with Crippen molar-refractivity contribution < 1.29 is 0 Å². The third-order valence-corrected chi connectivity index (χ3v) is 1.85. The van der Waals surface area contributed by atoms with Crippen molar-refractivity contribution in [3.8, 4) is 0 Å². The van der Waals surface area contributed by atoms with Crippen LogP contribution in [-0.2, 0) is 0 Å². The highest BCUT2D eigenvalue weighted by molar-refractivity contribution is 8.22. The van der Waals surface area contributed by atoms with Gasteiger partial charge in [-0.1, -0.05) is 32.5 Å². The first-order valence-electron chi connectivity index (χ1n) is 3.17. The molecule has 0 aromatic heterocycles. The van der Waals surface area contributed by atoms with E-state index in [2.05, 4.69) is 26.7 Å². The molecule has 1 radical (unpaired) electrons. The summed E-state index contributed by atoms with van der Waals surface area (Å²) in [6.07, 6.45) is 4.76. The van der Waals surface area contributed by atoms with Crippen molar-refractivity contribution in [3.05, 3.63) is 0 Å². The third-order valence-electron chi connectivity index (χ3n) is 1.11. The van der Waals surface area contributed by atoms with Gasteiger partial charge in [0.05, 0.1) is 0 Å². The molecule has 0 N–H and O–H groups in total. The van der Waals surface area contributed by atoms with Crippen LogP contribution in [-0.4, -0.2) is 12.8 Å². The molecule has 0 amide bonds. The van der Waals surface area contributed by atoms with Crippen molar-refractivity contribution in [1.82, 2.24) is 0 Å². The summed E-state index contributed by atoms with van der Waals surface area (Å²) in [5.74, 6) is 0.801. The first kappa shape index (κ1) is 8.41. The van der Waals surface area contributed by atoms with E-state index in [1.165, 1.54) is 12.8 Å². The molecular formula is C6H14BS. The molecular weight excluding hydrogens is 115 g/mol. The number of rotatable bonds is 4. The van der Waals surface area contributed by atoms with Crippen LogP contribution in [0.15, 0.2) is 0 Å². The highest BCUT2D eigenvalue weighted by Gasteiger charge is 1.98. The summed E-state index contributed by atoms with van der Waals surface area (Å²) in [5.41, 5.74) is 0. The summed E-state index contributed by atoms with van der Waals surface area (Å²) in [7, 11) is 0. The maximum absolute atomic E-state index is 2.30. The summed E-state index contributed by atoms with van der Waals surface area (Å²) < 4.78 is 0. The Morgan fingerprint density at radius 2 is 2.25 bits per heavy atom. The highest BCUT2D eigenvalue weighted by atomic mass is 32.2. The van der Waals surface area contributed by atoms with Crippen LogP contribution in [0.1, 0.15) is 26.7 Å². The normalized spacial score (nSPS) is 13.4. The average Bonchev–Trinajstić information content (AvgIpc) is 1.68. The van der Waals surface area contributed by atoms with Crippen LogP contribution in [0.4, 0.5) is 0 Å². The van der Waals surface area contributed by atoms with Crippen molar-refractivity contribution >= 4 is 18.2 Å². The summed E-state index contributed by atoms with van der Waals surface area (Å²) in [5, 5.41) is 0. The van der Waals surface area contributed by atoms with Gasteiger partial charge in [-0.15, -0.1) is 0 Å². The van der Waals surface area contributed by atoms with Gasteiger partial charge < -0.3 is 0 Å². The quantitative estimate of drug-likeness (QED) is 0.525. The van der Waals surface area contributed by atoms with E-state index in [0.717, 1.165) is 5.82 Å². The Morgan fingerprint density at radius 3 is 2.62 bits per heavy atom. The van der Waals surface area contributed by atoms with Gasteiger partial charge in [-0.2, -0.15) is 0 Å². The van der Waals surface area contributed by atoms with Crippen LogP contribution >= 0.6 is 11.6 Å². The molecule has 0 saturated heterocycles. The minimum atomic E-state index is 0.801. The average molecular weight is 129 g/mol. The van der Waals surface area contributed by atoms with Gasteiger partial charge in [0.15, 0.2) is 6.56 Å². The molecule has 8 heavy (non-hydrogen) atoms. The predicted octanol–water partition coefficient (Wildman–Crippen LogP) is 2.58. The maximum Gasteiger partial charge on any atom is 0.194 e. The molecule has 2 heteroatoms. The second-order valence-electron chi connectivity index (χ2n) is 2.14. The zero-order valence-corrected chi connectivity index (χ0v) is 6.79. The van der Waals surface area contributed by atoms with Crippen LogP contribution in [0.2, 0.25) is 5.82 Å².